The van der Waals surface area contributed by atoms with Crippen molar-refractivity contribution in [1.82, 2.24) is 4.90 Å². The van der Waals surface area contributed by atoms with Gasteiger partial charge in [-0.2, -0.15) is 13.0 Å². The van der Waals surface area contributed by atoms with Crippen LogP contribution in [0.1, 0.15) is 26.2 Å². The fourth-order valence-corrected chi connectivity index (χ4v) is 2.80. The Balaban J connectivity index is 0.00000162. The quantitative estimate of drug-likeness (QED) is 0.612. The number of rotatable bonds is 4. The summed E-state index contributed by atoms with van der Waals surface area (Å²) in [6.07, 6.45) is 3.79. The van der Waals surface area contributed by atoms with E-state index in [0.717, 1.165) is 45.0 Å². The average Bonchev–Trinajstić information content (AvgIpc) is 2.76. The van der Waals surface area contributed by atoms with E-state index in [1.807, 2.05) is 0 Å². The molecule has 0 saturated carbocycles. The molecule has 1 atom stereocenters. The Morgan fingerprint density at radius 2 is 2.11 bits per heavy atom. The van der Waals surface area contributed by atoms with Crippen LogP contribution in [0.4, 0.5) is 0 Å². The summed E-state index contributed by atoms with van der Waals surface area (Å²) >= 11 is 0. The Kier molecular flexibility index (Phi) is 7.17. The molecule has 0 radical (unpaired) electrons. The second kappa shape index (κ2) is 7.62. The molecule has 2 saturated heterocycles. The van der Waals surface area contributed by atoms with E-state index in [2.05, 4.69) is 11.8 Å². The van der Waals surface area contributed by atoms with E-state index in [1.165, 1.54) is 0 Å². The third-order valence-corrected chi connectivity index (χ3v) is 4.11. The maximum Gasteiger partial charge on any atom is 0.0817 e. The molecule has 0 aromatic heterocycles. The fourth-order valence-electron chi connectivity index (χ4n) is 2.80. The molecule has 5 heteroatoms. The molecular formula is C13H24NO3U-. The number of ether oxygens (including phenoxy) is 2. The largest absolute Gasteiger partial charge is 0.551 e. The van der Waals surface area contributed by atoms with Crippen molar-refractivity contribution in [2.45, 2.75) is 31.8 Å². The minimum absolute atomic E-state index is 0. The third kappa shape index (κ3) is 4.47. The molecule has 1 unspecified atom stereocenters. The van der Waals surface area contributed by atoms with Crippen molar-refractivity contribution in [3.8, 4) is 0 Å². The summed E-state index contributed by atoms with van der Waals surface area (Å²) in [6.45, 7) is 6.30. The van der Waals surface area contributed by atoms with Gasteiger partial charge in [-0.1, -0.05) is 6.42 Å². The molecule has 2 aliphatic heterocycles. The number of aliphatic hydroxyl groups is 1. The first-order valence-electron chi connectivity index (χ1n) is 6.53. The second-order valence-corrected chi connectivity index (χ2v) is 5.37. The van der Waals surface area contributed by atoms with Gasteiger partial charge < -0.3 is 19.5 Å². The molecule has 4 nitrogen and oxygen atoms in total. The number of β-amino-alcohol motifs (C(OH)–C–C–N with tert-alkyl or cyclic N) is 1. The van der Waals surface area contributed by atoms with Gasteiger partial charge in [-0.05, 0) is 20.2 Å². The predicted molar refractivity (Wildman–Crippen MR) is 65.5 cm³/mol. The molecule has 2 aliphatic rings. The number of hydrogen-bond acceptors (Lipinski definition) is 4. The normalized spacial score (nSPS) is 28.3. The Bertz CT molecular complexity index is 246. The summed E-state index contributed by atoms with van der Waals surface area (Å²) < 4.78 is 10.6. The summed E-state index contributed by atoms with van der Waals surface area (Å²) in [5.74, 6) is 0.531. The molecule has 2 rings (SSSR count). The van der Waals surface area contributed by atoms with Gasteiger partial charge in [0, 0.05) is 63.7 Å². The maximum absolute atomic E-state index is 10.5. The summed E-state index contributed by atoms with van der Waals surface area (Å²) in [7, 11) is 1.74. The van der Waals surface area contributed by atoms with Crippen molar-refractivity contribution >= 4 is 0 Å². The summed E-state index contributed by atoms with van der Waals surface area (Å²) in [5.41, 5.74) is -0.534. The van der Waals surface area contributed by atoms with Gasteiger partial charge in [-0.15, -0.1) is 5.92 Å². The first kappa shape index (κ1) is 16.9. The van der Waals surface area contributed by atoms with Crippen LogP contribution in [0.5, 0.6) is 0 Å². The Morgan fingerprint density at radius 1 is 1.44 bits per heavy atom. The van der Waals surface area contributed by atoms with E-state index in [4.69, 9.17) is 9.47 Å². The maximum atomic E-state index is 10.5. The van der Waals surface area contributed by atoms with Crippen LogP contribution in [0.2, 0.25) is 0 Å². The van der Waals surface area contributed by atoms with Crippen molar-refractivity contribution < 1.29 is 45.7 Å². The molecule has 1 N–H and O–H groups in total. The average molecular weight is 480 g/mol. The number of nitrogens with zero attached hydrogens (tertiary/aromatic N) is 1. The molecule has 0 aromatic rings. The van der Waals surface area contributed by atoms with Crippen molar-refractivity contribution in [2.75, 3.05) is 40.0 Å². The van der Waals surface area contributed by atoms with Crippen LogP contribution >= 0.6 is 0 Å². The van der Waals surface area contributed by atoms with Gasteiger partial charge in [0.2, 0.25) is 0 Å². The molecule has 104 valence electrons. The second-order valence-electron chi connectivity index (χ2n) is 5.37. The van der Waals surface area contributed by atoms with Gasteiger partial charge in [-0.25, -0.2) is 0 Å². The topological polar surface area (TPSA) is 41.9 Å². The number of likely N-dealkylation sites (tertiary alicyclic amines) is 1. The van der Waals surface area contributed by atoms with E-state index in [9.17, 15) is 5.11 Å². The molecule has 0 spiro atoms. The minimum atomic E-state index is -0.534. The molecule has 18 heavy (non-hydrogen) atoms. The van der Waals surface area contributed by atoms with Crippen LogP contribution in [-0.4, -0.2) is 55.6 Å². The molecule has 2 heterocycles. The minimum Gasteiger partial charge on any atom is -0.551 e. The summed E-state index contributed by atoms with van der Waals surface area (Å²) in [5, 5.41) is 10.5. The van der Waals surface area contributed by atoms with Gasteiger partial charge in [0.1, 0.15) is 0 Å². The van der Waals surface area contributed by atoms with Gasteiger partial charge >= 0.3 is 0 Å². The zero-order chi connectivity index (χ0) is 12.3. The van der Waals surface area contributed by atoms with E-state index >= 15 is 0 Å². The van der Waals surface area contributed by atoms with Crippen molar-refractivity contribution in [2.24, 2.45) is 5.92 Å². The molecule has 0 aliphatic carbocycles. The Hall–Kier alpha value is 0.892. The van der Waals surface area contributed by atoms with Crippen LogP contribution in [-0.2, 0) is 9.47 Å². The van der Waals surface area contributed by atoms with Gasteiger partial charge in [0.05, 0.1) is 5.60 Å². The standard InChI is InChI=1S/C13H24NO3.U/c1-11(16-2)12-3-6-14(9-12)10-13(15)4-7-17-8-5-13;/h12,15H,3-10H2,1-2H3;/q-1;. The molecular weight excluding hydrogens is 456 g/mol. The monoisotopic (exact) mass is 480 g/mol. The smallest absolute Gasteiger partial charge is 0.0817 e. The van der Waals surface area contributed by atoms with Crippen LogP contribution in [0.3, 0.4) is 0 Å². The zero-order valence-electron chi connectivity index (χ0n) is 11.4. The molecule has 0 bridgehead atoms. The van der Waals surface area contributed by atoms with Crippen LogP contribution in [0.25, 0.3) is 0 Å². The van der Waals surface area contributed by atoms with Crippen LogP contribution in [0.15, 0.2) is 0 Å². The van der Waals surface area contributed by atoms with Crippen LogP contribution in [0, 0.1) is 43.1 Å². The Labute approximate surface area is 134 Å². The first-order valence-corrected chi connectivity index (χ1v) is 6.53. The molecule has 0 aromatic carbocycles. The van der Waals surface area contributed by atoms with Gasteiger partial charge in [0.25, 0.3) is 0 Å². The summed E-state index contributed by atoms with van der Waals surface area (Å²) in [6, 6.07) is 0. The van der Waals surface area contributed by atoms with E-state index < -0.39 is 5.60 Å². The fraction of sp³-hybridized carbons (Fsp3) is 0.923. The van der Waals surface area contributed by atoms with Crippen molar-refractivity contribution in [1.29, 1.82) is 0 Å². The van der Waals surface area contributed by atoms with E-state index in [0.29, 0.717) is 19.1 Å². The zero-order valence-corrected chi connectivity index (χ0v) is 15.6. The van der Waals surface area contributed by atoms with E-state index in [-0.39, 0.29) is 31.1 Å². The molecule has 2 fully saturated rings. The molecule has 0 amide bonds. The van der Waals surface area contributed by atoms with Crippen LogP contribution < -0.4 is 0 Å². The summed E-state index contributed by atoms with van der Waals surface area (Å²) in [4.78, 5) is 2.36. The first-order chi connectivity index (χ1) is 8.13. The van der Waals surface area contributed by atoms with Gasteiger partial charge in [-0.3, -0.25) is 0 Å². The van der Waals surface area contributed by atoms with Crippen molar-refractivity contribution in [3.05, 3.63) is 6.10 Å². The predicted octanol–water partition coefficient (Wildman–Crippen LogP) is 1.05. The third-order valence-electron chi connectivity index (χ3n) is 4.11. The number of hydrogen-bond donors (Lipinski definition) is 1. The SMILES string of the molecule is CO[C-](C)C1CCN(CC2(O)CCOCC2)C1.[U]. The van der Waals surface area contributed by atoms with Crippen molar-refractivity contribution in [3.63, 3.8) is 0 Å². The number of methoxy groups -OCH3 is 1. The van der Waals surface area contributed by atoms with Gasteiger partial charge in [0.15, 0.2) is 0 Å². The van der Waals surface area contributed by atoms with E-state index in [1.54, 1.807) is 7.11 Å². The Morgan fingerprint density at radius 3 is 2.72 bits per heavy atom.